The number of rotatable bonds is 6. The van der Waals surface area contributed by atoms with Crippen LogP contribution >= 0.6 is 0 Å². The minimum absolute atomic E-state index is 0.145. The standard InChI is InChI=1S/C6H11F3O3S.C3H7N/c1-2-3-4-5(7)6(8,9)13(10,11)12;1-2-3-4/h5H,2-4H2,1H3,(H,10,11,12);2H,1,3-4H2. The molecule has 0 aliphatic rings. The van der Waals surface area contributed by atoms with Crippen molar-refractivity contribution in [2.45, 2.75) is 37.6 Å². The zero-order chi connectivity index (χ0) is 14.1. The molecule has 0 aromatic carbocycles. The van der Waals surface area contributed by atoms with Gasteiger partial charge in [0.1, 0.15) is 0 Å². The van der Waals surface area contributed by atoms with E-state index in [0.29, 0.717) is 13.0 Å². The minimum atomic E-state index is -5.64. The third-order valence-electron chi connectivity index (χ3n) is 1.69. The Morgan fingerprint density at radius 3 is 2.18 bits per heavy atom. The van der Waals surface area contributed by atoms with Crippen LogP contribution in [0.2, 0.25) is 0 Å². The van der Waals surface area contributed by atoms with E-state index in [1.54, 1.807) is 13.0 Å². The molecule has 0 radical (unpaired) electrons. The maximum Gasteiger partial charge on any atom is 0.400 e. The molecular formula is C9H18F3NO3S. The molecule has 1 atom stereocenters. The number of nitrogens with two attached hydrogens (primary N) is 1. The van der Waals surface area contributed by atoms with Gasteiger partial charge in [0, 0.05) is 6.54 Å². The van der Waals surface area contributed by atoms with Gasteiger partial charge in [-0.05, 0) is 6.42 Å². The average Bonchev–Trinajstić information content (AvgIpc) is 2.24. The van der Waals surface area contributed by atoms with Crippen molar-refractivity contribution in [3.63, 3.8) is 0 Å². The molecule has 0 saturated heterocycles. The first kappa shape index (κ1) is 18.8. The first-order valence-electron chi connectivity index (χ1n) is 4.94. The van der Waals surface area contributed by atoms with Crippen molar-refractivity contribution in [3.8, 4) is 0 Å². The number of alkyl halides is 3. The van der Waals surface area contributed by atoms with Crippen LogP contribution in [-0.4, -0.2) is 30.9 Å². The van der Waals surface area contributed by atoms with Crippen LogP contribution in [-0.2, 0) is 10.1 Å². The molecule has 4 nitrogen and oxygen atoms in total. The summed E-state index contributed by atoms with van der Waals surface area (Å²) >= 11 is 0. The maximum atomic E-state index is 12.6. The number of hydrogen-bond donors (Lipinski definition) is 2. The molecule has 0 spiro atoms. The van der Waals surface area contributed by atoms with Crippen LogP contribution in [0.25, 0.3) is 0 Å². The van der Waals surface area contributed by atoms with Gasteiger partial charge in [0.05, 0.1) is 0 Å². The Hall–Kier alpha value is -0.600. The number of hydrogen-bond acceptors (Lipinski definition) is 3. The molecule has 0 bridgehead atoms. The number of halogens is 3. The van der Waals surface area contributed by atoms with Crippen molar-refractivity contribution in [2.24, 2.45) is 5.73 Å². The van der Waals surface area contributed by atoms with E-state index in [0.717, 1.165) is 0 Å². The van der Waals surface area contributed by atoms with E-state index in [9.17, 15) is 21.6 Å². The summed E-state index contributed by atoms with van der Waals surface area (Å²) < 4.78 is 65.5. The molecule has 8 heteroatoms. The zero-order valence-corrected chi connectivity index (χ0v) is 10.4. The predicted octanol–water partition coefficient (Wildman–Crippen LogP) is 2.13. The highest BCUT2D eigenvalue weighted by Gasteiger charge is 2.51. The molecule has 0 saturated carbocycles. The van der Waals surface area contributed by atoms with E-state index >= 15 is 0 Å². The van der Waals surface area contributed by atoms with Crippen molar-refractivity contribution in [1.82, 2.24) is 0 Å². The van der Waals surface area contributed by atoms with Crippen molar-refractivity contribution in [3.05, 3.63) is 12.7 Å². The molecule has 104 valence electrons. The van der Waals surface area contributed by atoms with Gasteiger partial charge in [-0.2, -0.15) is 17.2 Å². The monoisotopic (exact) mass is 277 g/mol. The SMILES string of the molecule is C=CCN.CCCCC(F)C(F)(F)S(=O)(=O)O. The molecule has 0 rings (SSSR count). The van der Waals surface area contributed by atoms with E-state index in [-0.39, 0.29) is 6.42 Å². The molecule has 0 amide bonds. The second-order valence-electron chi connectivity index (χ2n) is 3.17. The molecule has 0 heterocycles. The molecule has 17 heavy (non-hydrogen) atoms. The second-order valence-corrected chi connectivity index (χ2v) is 4.67. The Balaban J connectivity index is 0. The average molecular weight is 277 g/mol. The lowest BCUT2D eigenvalue weighted by atomic mass is 10.2. The van der Waals surface area contributed by atoms with Crippen LogP contribution in [0, 0.1) is 0 Å². The van der Waals surface area contributed by atoms with Gasteiger partial charge in [-0.25, -0.2) is 4.39 Å². The van der Waals surface area contributed by atoms with E-state index in [4.69, 9.17) is 10.3 Å². The van der Waals surface area contributed by atoms with Gasteiger partial charge in [0.15, 0.2) is 6.17 Å². The van der Waals surface area contributed by atoms with Gasteiger partial charge in [-0.3, -0.25) is 4.55 Å². The van der Waals surface area contributed by atoms with Crippen LogP contribution in [0.4, 0.5) is 13.2 Å². The minimum Gasteiger partial charge on any atom is -0.327 e. The fourth-order valence-electron chi connectivity index (χ4n) is 0.713. The smallest absolute Gasteiger partial charge is 0.327 e. The number of unbranched alkanes of at least 4 members (excludes halogenated alkanes) is 1. The van der Waals surface area contributed by atoms with Gasteiger partial charge in [0.2, 0.25) is 0 Å². The van der Waals surface area contributed by atoms with Crippen LogP contribution < -0.4 is 5.73 Å². The van der Waals surface area contributed by atoms with Crippen LogP contribution in [0.15, 0.2) is 12.7 Å². The van der Waals surface area contributed by atoms with E-state index in [1.165, 1.54) is 0 Å². The largest absolute Gasteiger partial charge is 0.400 e. The molecule has 0 aromatic heterocycles. The topological polar surface area (TPSA) is 80.4 Å². The Morgan fingerprint density at radius 1 is 1.53 bits per heavy atom. The molecule has 1 unspecified atom stereocenters. The Morgan fingerprint density at radius 2 is 1.94 bits per heavy atom. The van der Waals surface area contributed by atoms with Crippen molar-refractivity contribution in [2.75, 3.05) is 6.54 Å². The van der Waals surface area contributed by atoms with Crippen LogP contribution in [0.1, 0.15) is 26.2 Å². The van der Waals surface area contributed by atoms with E-state index in [2.05, 4.69) is 6.58 Å². The summed E-state index contributed by atoms with van der Waals surface area (Å²) in [6.45, 7) is 5.59. The third-order valence-corrected chi connectivity index (χ3v) is 2.63. The molecular weight excluding hydrogens is 259 g/mol. The first-order valence-corrected chi connectivity index (χ1v) is 6.39. The van der Waals surface area contributed by atoms with Crippen molar-refractivity contribution in [1.29, 1.82) is 0 Å². The van der Waals surface area contributed by atoms with Gasteiger partial charge >= 0.3 is 15.4 Å². The Kier molecular flexibility index (Phi) is 9.36. The normalized spacial score (nSPS) is 13.5. The fourth-order valence-corrected chi connectivity index (χ4v) is 1.15. The van der Waals surface area contributed by atoms with Gasteiger partial charge in [0.25, 0.3) is 0 Å². The summed E-state index contributed by atoms with van der Waals surface area (Å²) in [6, 6.07) is 0. The van der Waals surface area contributed by atoms with Crippen molar-refractivity contribution < 1.29 is 26.1 Å². The summed E-state index contributed by atoms with van der Waals surface area (Å²) in [4.78, 5) is 0. The van der Waals surface area contributed by atoms with Gasteiger partial charge in [-0.1, -0.05) is 25.8 Å². The van der Waals surface area contributed by atoms with Gasteiger partial charge in [-0.15, -0.1) is 6.58 Å². The first-order chi connectivity index (χ1) is 7.65. The lowest BCUT2D eigenvalue weighted by molar-refractivity contribution is -0.00689. The molecule has 0 aliphatic heterocycles. The van der Waals surface area contributed by atoms with E-state index in [1.807, 2.05) is 0 Å². The predicted molar refractivity (Wildman–Crippen MR) is 60.2 cm³/mol. The maximum absolute atomic E-state index is 12.6. The summed E-state index contributed by atoms with van der Waals surface area (Å²) in [6.07, 6.45) is -1.15. The summed E-state index contributed by atoms with van der Waals surface area (Å²) in [5, 5.41) is -4.69. The highest BCUT2D eigenvalue weighted by atomic mass is 32.2. The second kappa shape index (κ2) is 8.48. The Bertz CT molecular complexity index is 307. The quantitative estimate of drug-likeness (QED) is 0.575. The molecule has 0 fully saturated rings. The lowest BCUT2D eigenvalue weighted by Gasteiger charge is -2.16. The summed E-state index contributed by atoms with van der Waals surface area (Å²) in [5.41, 5.74) is 4.91. The highest BCUT2D eigenvalue weighted by molar-refractivity contribution is 7.86. The summed E-state index contributed by atoms with van der Waals surface area (Å²) in [5.74, 6) is 0. The zero-order valence-electron chi connectivity index (χ0n) is 9.57. The summed E-state index contributed by atoms with van der Waals surface area (Å²) in [7, 11) is -5.64. The molecule has 0 aliphatic carbocycles. The van der Waals surface area contributed by atoms with E-state index < -0.39 is 28.0 Å². The molecule has 3 N–H and O–H groups in total. The van der Waals surface area contributed by atoms with Gasteiger partial charge < -0.3 is 5.73 Å². The third kappa shape index (κ3) is 7.35. The van der Waals surface area contributed by atoms with Crippen LogP contribution in [0.5, 0.6) is 0 Å². The highest BCUT2D eigenvalue weighted by Crippen LogP contribution is 2.30. The fraction of sp³-hybridized carbons (Fsp3) is 0.778. The van der Waals surface area contributed by atoms with Crippen LogP contribution in [0.3, 0.4) is 0 Å². The Labute approximate surface area is 99.4 Å². The lowest BCUT2D eigenvalue weighted by Crippen LogP contribution is -2.38. The van der Waals surface area contributed by atoms with Crippen molar-refractivity contribution >= 4 is 10.1 Å². The molecule has 0 aromatic rings.